The van der Waals surface area contributed by atoms with Crippen LogP contribution in [0, 0.1) is 17.2 Å². The van der Waals surface area contributed by atoms with Crippen molar-refractivity contribution < 1.29 is 0 Å². The Balaban J connectivity index is 2.00. The van der Waals surface area contributed by atoms with Gasteiger partial charge in [-0.1, -0.05) is 22.4 Å². The SMILES string of the molecule is N#Cc1cc(Br)cc(NCC2CCC2)c1. The second-order valence-electron chi connectivity index (χ2n) is 4.02. The van der Waals surface area contributed by atoms with Crippen LogP contribution in [0.5, 0.6) is 0 Å². The molecule has 0 amide bonds. The summed E-state index contributed by atoms with van der Waals surface area (Å²) in [5.41, 5.74) is 1.73. The highest BCUT2D eigenvalue weighted by Crippen LogP contribution is 2.27. The first-order valence-electron chi connectivity index (χ1n) is 5.22. The molecule has 1 fully saturated rings. The Hall–Kier alpha value is -1.01. The van der Waals surface area contributed by atoms with Gasteiger partial charge in [0.1, 0.15) is 0 Å². The van der Waals surface area contributed by atoms with E-state index in [0.717, 1.165) is 22.6 Å². The molecule has 0 aromatic heterocycles. The third-order valence-electron chi connectivity index (χ3n) is 2.85. The summed E-state index contributed by atoms with van der Waals surface area (Å²) in [7, 11) is 0. The Labute approximate surface area is 98.4 Å². The molecule has 1 saturated carbocycles. The fraction of sp³-hybridized carbons (Fsp3) is 0.417. The summed E-state index contributed by atoms with van der Waals surface area (Å²) in [6.45, 7) is 1.03. The van der Waals surface area contributed by atoms with Gasteiger partial charge < -0.3 is 5.32 Å². The summed E-state index contributed by atoms with van der Waals surface area (Å²) >= 11 is 3.40. The Morgan fingerprint density at radius 1 is 1.40 bits per heavy atom. The van der Waals surface area contributed by atoms with Crippen molar-refractivity contribution in [2.75, 3.05) is 11.9 Å². The number of rotatable bonds is 3. The molecule has 0 heterocycles. The van der Waals surface area contributed by atoms with E-state index in [0.29, 0.717) is 5.56 Å². The zero-order chi connectivity index (χ0) is 10.7. The van der Waals surface area contributed by atoms with E-state index in [1.807, 2.05) is 18.2 Å². The normalized spacial score (nSPS) is 15.5. The van der Waals surface area contributed by atoms with Crippen molar-refractivity contribution in [1.82, 2.24) is 0 Å². The lowest BCUT2D eigenvalue weighted by Gasteiger charge is -2.25. The number of hydrogen-bond acceptors (Lipinski definition) is 2. The van der Waals surface area contributed by atoms with Crippen LogP contribution in [0.1, 0.15) is 24.8 Å². The Bertz CT molecular complexity index is 391. The summed E-state index contributed by atoms with van der Waals surface area (Å²) in [5, 5.41) is 12.2. The molecule has 0 unspecified atom stereocenters. The fourth-order valence-corrected chi connectivity index (χ4v) is 2.21. The third-order valence-corrected chi connectivity index (χ3v) is 3.30. The van der Waals surface area contributed by atoms with E-state index in [1.54, 1.807) is 0 Å². The van der Waals surface area contributed by atoms with Gasteiger partial charge in [0.05, 0.1) is 11.6 Å². The number of benzene rings is 1. The highest BCUT2D eigenvalue weighted by Gasteiger charge is 2.16. The molecule has 0 saturated heterocycles. The average Bonchev–Trinajstić information content (AvgIpc) is 2.14. The molecule has 1 aromatic carbocycles. The van der Waals surface area contributed by atoms with Crippen molar-refractivity contribution in [2.45, 2.75) is 19.3 Å². The average molecular weight is 265 g/mol. The van der Waals surface area contributed by atoms with Crippen LogP contribution in [0.25, 0.3) is 0 Å². The number of nitrogens with one attached hydrogen (secondary N) is 1. The van der Waals surface area contributed by atoms with Gasteiger partial charge in [-0.05, 0) is 37.0 Å². The van der Waals surface area contributed by atoms with Crippen LogP contribution in [-0.4, -0.2) is 6.54 Å². The summed E-state index contributed by atoms with van der Waals surface area (Å²) < 4.78 is 0.956. The topological polar surface area (TPSA) is 35.8 Å². The van der Waals surface area contributed by atoms with Gasteiger partial charge in [-0.3, -0.25) is 0 Å². The van der Waals surface area contributed by atoms with Gasteiger partial charge in [-0.25, -0.2) is 0 Å². The maximum atomic E-state index is 8.82. The molecule has 0 spiro atoms. The monoisotopic (exact) mass is 264 g/mol. The molecule has 15 heavy (non-hydrogen) atoms. The molecule has 1 aromatic rings. The minimum atomic E-state index is 0.695. The van der Waals surface area contributed by atoms with Crippen LogP contribution in [0.4, 0.5) is 5.69 Å². The van der Waals surface area contributed by atoms with E-state index in [-0.39, 0.29) is 0 Å². The molecule has 0 radical (unpaired) electrons. The summed E-state index contributed by atoms with van der Waals surface area (Å²) in [4.78, 5) is 0. The van der Waals surface area contributed by atoms with Gasteiger partial charge in [0, 0.05) is 16.7 Å². The van der Waals surface area contributed by atoms with E-state index >= 15 is 0 Å². The smallest absolute Gasteiger partial charge is 0.0992 e. The molecule has 1 N–H and O–H groups in total. The predicted molar refractivity (Wildman–Crippen MR) is 64.7 cm³/mol. The quantitative estimate of drug-likeness (QED) is 0.907. The molecule has 1 aliphatic carbocycles. The molecule has 2 rings (SSSR count). The Morgan fingerprint density at radius 2 is 2.20 bits per heavy atom. The molecule has 3 heteroatoms. The van der Waals surface area contributed by atoms with Gasteiger partial charge >= 0.3 is 0 Å². The first kappa shape index (κ1) is 10.5. The van der Waals surface area contributed by atoms with Crippen LogP contribution in [0.15, 0.2) is 22.7 Å². The summed E-state index contributed by atoms with van der Waals surface area (Å²) in [5.74, 6) is 0.828. The van der Waals surface area contributed by atoms with Gasteiger partial charge in [0.25, 0.3) is 0 Å². The predicted octanol–water partition coefficient (Wildman–Crippen LogP) is 3.53. The van der Waals surface area contributed by atoms with E-state index in [2.05, 4.69) is 27.3 Å². The van der Waals surface area contributed by atoms with E-state index in [9.17, 15) is 0 Å². The van der Waals surface area contributed by atoms with Crippen molar-refractivity contribution in [3.63, 3.8) is 0 Å². The van der Waals surface area contributed by atoms with Crippen LogP contribution in [-0.2, 0) is 0 Å². The lowest BCUT2D eigenvalue weighted by Crippen LogP contribution is -2.20. The molecule has 0 atom stereocenters. The molecule has 0 aliphatic heterocycles. The maximum Gasteiger partial charge on any atom is 0.0992 e. The lowest BCUT2D eigenvalue weighted by molar-refractivity contribution is 0.333. The van der Waals surface area contributed by atoms with Crippen LogP contribution < -0.4 is 5.32 Å². The van der Waals surface area contributed by atoms with E-state index in [4.69, 9.17) is 5.26 Å². The molecular formula is C12H13BrN2. The minimum absolute atomic E-state index is 0.695. The van der Waals surface area contributed by atoms with Crippen molar-refractivity contribution in [3.05, 3.63) is 28.2 Å². The van der Waals surface area contributed by atoms with Crippen LogP contribution in [0.3, 0.4) is 0 Å². The summed E-state index contributed by atoms with van der Waals surface area (Å²) in [6.07, 6.45) is 4.05. The molecule has 78 valence electrons. The number of hydrogen-bond donors (Lipinski definition) is 1. The van der Waals surface area contributed by atoms with Gasteiger partial charge in [-0.2, -0.15) is 5.26 Å². The third kappa shape index (κ3) is 2.73. The largest absolute Gasteiger partial charge is 0.385 e. The Kier molecular flexibility index (Phi) is 3.27. The van der Waals surface area contributed by atoms with E-state index in [1.165, 1.54) is 19.3 Å². The molecule has 2 nitrogen and oxygen atoms in total. The zero-order valence-corrected chi connectivity index (χ0v) is 10.0. The zero-order valence-electron chi connectivity index (χ0n) is 8.46. The van der Waals surface area contributed by atoms with Gasteiger partial charge in [-0.15, -0.1) is 0 Å². The first-order valence-corrected chi connectivity index (χ1v) is 6.02. The second-order valence-corrected chi connectivity index (χ2v) is 4.93. The van der Waals surface area contributed by atoms with Crippen molar-refractivity contribution in [1.29, 1.82) is 5.26 Å². The number of nitrogens with zero attached hydrogens (tertiary/aromatic N) is 1. The molecular weight excluding hydrogens is 252 g/mol. The molecule has 0 bridgehead atoms. The highest BCUT2D eigenvalue weighted by atomic mass is 79.9. The standard InChI is InChI=1S/C12H13BrN2/c13-11-4-10(7-14)5-12(6-11)15-8-9-2-1-3-9/h4-6,9,15H,1-3,8H2. The number of nitriles is 1. The fourth-order valence-electron chi connectivity index (χ4n) is 1.72. The van der Waals surface area contributed by atoms with E-state index < -0.39 is 0 Å². The van der Waals surface area contributed by atoms with Gasteiger partial charge in [0.2, 0.25) is 0 Å². The lowest BCUT2D eigenvalue weighted by atomic mass is 9.85. The second kappa shape index (κ2) is 4.67. The van der Waals surface area contributed by atoms with Crippen molar-refractivity contribution in [3.8, 4) is 6.07 Å². The number of anilines is 1. The highest BCUT2D eigenvalue weighted by molar-refractivity contribution is 9.10. The first-order chi connectivity index (χ1) is 7.28. The van der Waals surface area contributed by atoms with Gasteiger partial charge in [0.15, 0.2) is 0 Å². The summed E-state index contributed by atoms with van der Waals surface area (Å²) in [6, 6.07) is 7.89. The van der Waals surface area contributed by atoms with Crippen molar-refractivity contribution in [2.24, 2.45) is 5.92 Å². The number of halogens is 1. The molecule has 1 aliphatic rings. The van der Waals surface area contributed by atoms with Crippen molar-refractivity contribution >= 4 is 21.6 Å². The van der Waals surface area contributed by atoms with Crippen LogP contribution >= 0.6 is 15.9 Å². The minimum Gasteiger partial charge on any atom is -0.385 e. The van der Waals surface area contributed by atoms with Crippen LogP contribution in [0.2, 0.25) is 0 Å². The maximum absolute atomic E-state index is 8.82. The Morgan fingerprint density at radius 3 is 2.80 bits per heavy atom.